The summed E-state index contributed by atoms with van der Waals surface area (Å²) in [5, 5.41) is 8.97. The molecule has 6 nitrogen and oxygen atoms in total. The molecule has 0 saturated carbocycles. The Labute approximate surface area is 106 Å². The molecule has 98 valence electrons. The third-order valence-corrected chi connectivity index (χ3v) is 3.28. The van der Waals surface area contributed by atoms with Gasteiger partial charge < -0.3 is 10.0 Å². The van der Waals surface area contributed by atoms with Crippen molar-refractivity contribution in [1.29, 1.82) is 0 Å². The number of carbonyl (C=O) groups is 1. The monoisotopic (exact) mass is 250 g/mol. The normalized spacial score (nSPS) is 18.7. The Hall–Kier alpha value is -1.69. The number of carboxylic acid groups (broad SMARTS) is 1. The molecule has 1 aromatic heterocycles. The second-order valence-corrected chi connectivity index (χ2v) is 4.54. The van der Waals surface area contributed by atoms with Crippen LogP contribution >= 0.6 is 0 Å². The van der Waals surface area contributed by atoms with Crippen molar-refractivity contribution >= 4 is 11.9 Å². The van der Waals surface area contributed by atoms with Gasteiger partial charge in [0.25, 0.3) is 0 Å². The summed E-state index contributed by atoms with van der Waals surface area (Å²) < 4.78 is 0. The molecule has 2 rings (SSSR count). The fourth-order valence-electron chi connectivity index (χ4n) is 2.05. The molecule has 2 heterocycles. The molecule has 0 aromatic carbocycles. The van der Waals surface area contributed by atoms with Gasteiger partial charge in [-0.25, -0.2) is 9.97 Å². The van der Waals surface area contributed by atoms with Gasteiger partial charge in [0.1, 0.15) is 6.04 Å². The fourth-order valence-corrected chi connectivity index (χ4v) is 2.05. The lowest BCUT2D eigenvalue weighted by Gasteiger charge is -2.36. The molecule has 1 aromatic rings. The molecular formula is C12H18N4O2. The topological polar surface area (TPSA) is 69.6 Å². The number of piperazine rings is 1. The number of aliphatic carboxylic acids is 1. The SMILES string of the molecule is Cc1ccnc(N2CCN(C(C)C(=O)O)CC2)n1. The highest BCUT2D eigenvalue weighted by Gasteiger charge is 2.25. The van der Waals surface area contributed by atoms with Gasteiger partial charge >= 0.3 is 5.97 Å². The molecule has 18 heavy (non-hydrogen) atoms. The van der Waals surface area contributed by atoms with Gasteiger partial charge in [-0.3, -0.25) is 9.69 Å². The zero-order chi connectivity index (χ0) is 13.1. The molecule has 1 aliphatic rings. The zero-order valence-corrected chi connectivity index (χ0v) is 10.7. The molecule has 0 aliphatic carbocycles. The molecule has 1 unspecified atom stereocenters. The number of carboxylic acids is 1. The van der Waals surface area contributed by atoms with Crippen molar-refractivity contribution in [3.8, 4) is 0 Å². The lowest BCUT2D eigenvalue weighted by atomic mass is 10.2. The van der Waals surface area contributed by atoms with Crippen LogP contribution in [0.2, 0.25) is 0 Å². The summed E-state index contributed by atoms with van der Waals surface area (Å²) in [4.78, 5) is 23.6. The fraction of sp³-hybridized carbons (Fsp3) is 0.583. The number of aromatic nitrogens is 2. The summed E-state index contributed by atoms with van der Waals surface area (Å²) in [6.07, 6.45) is 1.75. The number of nitrogens with zero attached hydrogens (tertiary/aromatic N) is 4. The molecule has 0 spiro atoms. The van der Waals surface area contributed by atoms with Gasteiger partial charge in [0.2, 0.25) is 5.95 Å². The Morgan fingerprint density at radius 2 is 2.06 bits per heavy atom. The van der Waals surface area contributed by atoms with Crippen LogP contribution < -0.4 is 4.90 Å². The van der Waals surface area contributed by atoms with Crippen LogP contribution in [0.15, 0.2) is 12.3 Å². The van der Waals surface area contributed by atoms with Crippen molar-refractivity contribution in [3.63, 3.8) is 0 Å². The molecule has 1 aliphatic heterocycles. The van der Waals surface area contributed by atoms with E-state index in [9.17, 15) is 4.79 Å². The predicted molar refractivity (Wildman–Crippen MR) is 67.7 cm³/mol. The van der Waals surface area contributed by atoms with Crippen LogP contribution in [0.1, 0.15) is 12.6 Å². The van der Waals surface area contributed by atoms with Crippen molar-refractivity contribution in [3.05, 3.63) is 18.0 Å². The van der Waals surface area contributed by atoms with E-state index in [1.807, 2.05) is 17.9 Å². The highest BCUT2D eigenvalue weighted by molar-refractivity contribution is 5.72. The molecule has 1 saturated heterocycles. The van der Waals surface area contributed by atoms with Gasteiger partial charge in [-0.2, -0.15) is 0 Å². The van der Waals surface area contributed by atoms with Crippen LogP contribution in [0.3, 0.4) is 0 Å². The van der Waals surface area contributed by atoms with E-state index in [2.05, 4.69) is 14.9 Å². The number of anilines is 1. The summed E-state index contributed by atoms with van der Waals surface area (Å²) in [7, 11) is 0. The number of hydrogen-bond donors (Lipinski definition) is 1. The molecule has 1 N–H and O–H groups in total. The average Bonchev–Trinajstić information content (AvgIpc) is 2.38. The molecule has 1 atom stereocenters. The van der Waals surface area contributed by atoms with Gasteiger partial charge in [0.05, 0.1) is 0 Å². The lowest BCUT2D eigenvalue weighted by molar-refractivity contribution is -0.142. The summed E-state index contributed by atoms with van der Waals surface area (Å²) in [5.41, 5.74) is 0.946. The lowest BCUT2D eigenvalue weighted by Crippen LogP contribution is -2.52. The van der Waals surface area contributed by atoms with Crippen LogP contribution in [0.4, 0.5) is 5.95 Å². The summed E-state index contributed by atoms with van der Waals surface area (Å²) in [5.74, 6) is -0.0344. The Morgan fingerprint density at radius 3 is 2.61 bits per heavy atom. The van der Waals surface area contributed by atoms with E-state index in [1.54, 1.807) is 13.1 Å². The maximum atomic E-state index is 10.9. The standard InChI is InChI=1S/C12H18N4O2/c1-9-3-4-13-12(14-9)16-7-5-15(6-8-16)10(2)11(17)18/h3-4,10H,5-8H2,1-2H3,(H,17,18). The van der Waals surface area contributed by atoms with Gasteiger partial charge in [0, 0.05) is 38.1 Å². The Balaban J connectivity index is 1.96. The summed E-state index contributed by atoms with van der Waals surface area (Å²) >= 11 is 0. The molecule has 0 radical (unpaired) electrons. The summed E-state index contributed by atoms with van der Waals surface area (Å²) in [6.45, 7) is 6.65. The van der Waals surface area contributed by atoms with E-state index < -0.39 is 12.0 Å². The minimum Gasteiger partial charge on any atom is -0.480 e. The Morgan fingerprint density at radius 1 is 1.39 bits per heavy atom. The maximum Gasteiger partial charge on any atom is 0.320 e. The van der Waals surface area contributed by atoms with Crippen LogP contribution in [-0.4, -0.2) is 58.2 Å². The van der Waals surface area contributed by atoms with E-state index >= 15 is 0 Å². The number of rotatable bonds is 3. The molecule has 0 amide bonds. The Bertz CT molecular complexity index is 430. The highest BCUT2D eigenvalue weighted by Crippen LogP contribution is 2.12. The first kappa shape index (κ1) is 12.8. The number of hydrogen-bond acceptors (Lipinski definition) is 5. The van der Waals surface area contributed by atoms with E-state index in [0.29, 0.717) is 0 Å². The highest BCUT2D eigenvalue weighted by atomic mass is 16.4. The van der Waals surface area contributed by atoms with Crippen molar-refractivity contribution in [2.24, 2.45) is 0 Å². The van der Waals surface area contributed by atoms with Gasteiger partial charge in [-0.05, 0) is 19.9 Å². The first-order valence-electron chi connectivity index (χ1n) is 6.09. The second kappa shape index (κ2) is 5.30. The van der Waals surface area contributed by atoms with Gasteiger partial charge in [0.15, 0.2) is 0 Å². The second-order valence-electron chi connectivity index (χ2n) is 4.54. The van der Waals surface area contributed by atoms with Crippen molar-refractivity contribution < 1.29 is 9.90 Å². The predicted octanol–water partition coefficient (Wildman–Crippen LogP) is 0.380. The molecule has 6 heteroatoms. The van der Waals surface area contributed by atoms with Crippen LogP contribution in [0.25, 0.3) is 0 Å². The van der Waals surface area contributed by atoms with Crippen molar-refractivity contribution in [2.75, 3.05) is 31.1 Å². The smallest absolute Gasteiger partial charge is 0.320 e. The van der Waals surface area contributed by atoms with Crippen LogP contribution in [0, 0.1) is 6.92 Å². The van der Waals surface area contributed by atoms with Crippen molar-refractivity contribution in [2.45, 2.75) is 19.9 Å². The maximum absolute atomic E-state index is 10.9. The summed E-state index contributed by atoms with van der Waals surface area (Å²) in [6, 6.07) is 1.44. The molecule has 1 fully saturated rings. The molecule has 0 bridgehead atoms. The van der Waals surface area contributed by atoms with Crippen molar-refractivity contribution in [1.82, 2.24) is 14.9 Å². The first-order valence-corrected chi connectivity index (χ1v) is 6.09. The van der Waals surface area contributed by atoms with E-state index in [-0.39, 0.29) is 0 Å². The minimum atomic E-state index is -0.768. The van der Waals surface area contributed by atoms with Crippen LogP contribution in [-0.2, 0) is 4.79 Å². The Kier molecular flexibility index (Phi) is 3.76. The minimum absolute atomic E-state index is 0.425. The number of aryl methyl sites for hydroxylation is 1. The van der Waals surface area contributed by atoms with Gasteiger partial charge in [-0.1, -0.05) is 0 Å². The van der Waals surface area contributed by atoms with E-state index in [1.165, 1.54) is 0 Å². The molecular weight excluding hydrogens is 232 g/mol. The van der Waals surface area contributed by atoms with Gasteiger partial charge in [-0.15, -0.1) is 0 Å². The third-order valence-electron chi connectivity index (χ3n) is 3.28. The zero-order valence-electron chi connectivity index (χ0n) is 10.7. The van der Waals surface area contributed by atoms with E-state index in [0.717, 1.165) is 37.8 Å². The quantitative estimate of drug-likeness (QED) is 0.836. The largest absolute Gasteiger partial charge is 0.480 e. The third kappa shape index (κ3) is 2.76. The average molecular weight is 250 g/mol. The van der Waals surface area contributed by atoms with E-state index in [4.69, 9.17) is 5.11 Å². The first-order chi connectivity index (χ1) is 8.58. The van der Waals surface area contributed by atoms with Crippen LogP contribution in [0.5, 0.6) is 0 Å².